The molecule has 0 saturated carbocycles. The molecule has 1 heterocycles. The lowest BCUT2D eigenvalue weighted by molar-refractivity contribution is -0.122. The maximum atomic E-state index is 11.8. The first-order valence-corrected chi connectivity index (χ1v) is 7.05. The number of carbonyl (C=O) groups excluding carboxylic acids is 1. The van der Waals surface area contributed by atoms with Crippen LogP contribution in [0.1, 0.15) is 45.2 Å². The van der Waals surface area contributed by atoms with Gasteiger partial charge in [0.25, 0.3) is 0 Å². The molecule has 0 aliphatic rings. The third kappa shape index (κ3) is 5.83. The summed E-state index contributed by atoms with van der Waals surface area (Å²) in [6.07, 6.45) is 6.39. The number of hydrogen-bond acceptors (Lipinski definition) is 4. The molecular formula is C13H25N5O. The van der Waals surface area contributed by atoms with E-state index in [1.165, 1.54) is 23.9 Å². The fourth-order valence-corrected chi connectivity index (χ4v) is 1.91. The third-order valence-electron chi connectivity index (χ3n) is 3.23. The van der Waals surface area contributed by atoms with Gasteiger partial charge in [0.2, 0.25) is 5.91 Å². The standard InChI is InChI=1S/C13H25N5O/c1-3-5-6-11(4-2)8-15-13(19)10-18-9-12(7-14)16-17-18/h9,11H,3-8,10,14H2,1-2H3,(H,15,19). The Bertz CT molecular complexity index is 377. The summed E-state index contributed by atoms with van der Waals surface area (Å²) in [5.74, 6) is 0.544. The van der Waals surface area contributed by atoms with Crippen LogP contribution in [0.5, 0.6) is 0 Å². The molecule has 0 bridgehead atoms. The first kappa shape index (κ1) is 15.6. The van der Waals surface area contributed by atoms with E-state index in [-0.39, 0.29) is 12.5 Å². The summed E-state index contributed by atoms with van der Waals surface area (Å²) in [6.45, 7) is 5.64. The molecule has 0 fully saturated rings. The van der Waals surface area contributed by atoms with Crippen molar-refractivity contribution in [3.63, 3.8) is 0 Å². The van der Waals surface area contributed by atoms with Crippen molar-refractivity contribution in [2.45, 2.75) is 52.6 Å². The molecule has 3 N–H and O–H groups in total. The number of unbranched alkanes of at least 4 members (excludes halogenated alkanes) is 1. The molecule has 6 nitrogen and oxygen atoms in total. The second-order valence-corrected chi connectivity index (χ2v) is 4.83. The monoisotopic (exact) mass is 267 g/mol. The highest BCUT2D eigenvalue weighted by Crippen LogP contribution is 2.11. The lowest BCUT2D eigenvalue weighted by Gasteiger charge is -2.15. The fraction of sp³-hybridized carbons (Fsp3) is 0.769. The van der Waals surface area contributed by atoms with Gasteiger partial charge in [-0.05, 0) is 12.3 Å². The molecule has 0 spiro atoms. The second-order valence-electron chi connectivity index (χ2n) is 4.83. The lowest BCUT2D eigenvalue weighted by Crippen LogP contribution is -2.32. The van der Waals surface area contributed by atoms with Gasteiger partial charge in [0.05, 0.1) is 11.9 Å². The summed E-state index contributed by atoms with van der Waals surface area (Å²) >= 11 is 0. The minimum absolute atomic E-state index is 0.0246. The van der Waals surface area contributed by atoms with E-state index in [1.807, 2.05) is 0 Å². The number of hydrogen-bond donors (Lipinski definition) is 2. The molecule has 6 heteroatoms. The van der Waals surface area contributed by atoms with Gasteiger partial charge in [-0.15, -0.1) is 5.10 Å². The van der Waals surface area contributed by atoms with Crippen LogP contribution in [0.25, 0.3) is 0 Å². The van der Waals surface area contributed by atoms with Gasteiger partial charge in [-0.25, -0.2) is 4.68 Å². The highest BCUT2D eigenvalue weighted by Gasteiger charge is 2.09. The highest BCUT2D eigenvalue weighted by molar-refractivity contribution is 5.75. The quantitative estimate of drug-likeness (QED) is 0.700. The Morgan fingerprint density at radius 1 is 1.53 bits per heavy atom. The van der Waals surface area contributed by atoms with Gasteiger partial charge in [-0.1, -0.05) is 38.3 Å². The van der Waals surface area contributed by atoms with Crippen LogP contribution in [-0.4, -0.2) is 27.4 Å². The van der Waals surface area contributed by atoms with Gasteiger partial charge in [-0.3, -0.25) is 4.79 Å². The van der Waals surface area contributed by atoms with Crippen LogP contribution in [0.15, 0.2) is 6.20 Å². The molecular weight excluding hydrogens is 242 g/mol. The summed E-state index contributed by atoms with van der Waals surface area (Å²) in [6, 6.07) is 0. The van der Waals surface area contributed by atoms with Crippen molar-refractivity contribution in [3.8, 4) is 0 Å². The summed E-state index contributed by atoms with van der Waals surface area (Å²) in [5.41, 5.74) is 6.14. The Hall–Kier alpha value is -1.43. The summed E-state index contributed by atoms with van der Waals surface area (Å²) in [4.78, 5) is 11.8. The molecule has 1 atom stereocenters. The first-order valence-electron chi connectivity index (χ1n) is 7.05. The smallest absolute Gasteiger partial charge is 0.241 e. The van der Waals surface area contributed by atoms with Crippen LogP contribution in [0.3, 0.4) is 0 Å². The average Bonchev–Trinajstić information content (AvgIpc) is 2.86. The maximum Gasteiger partial charge on any atom is 0.241 e. The largest absolute Gasteiger partial charge is 0.354 e. The predicted molar refractivity (Wildman–Crippen MR) is 74.2 cm³/mol. The molecule has 0 aliphatic heterocycles. The molecule has 1 aromatic rings. The lowest BCUT2D eigenvalue weighted by atomic mass is 9.99. The molecule has 0 radical (unpaired) electrons. The predicted octanol–water partition coefficient (Wildman–Crippen LogP) is 1.07. The normalized spacial score (nSPS) is 12.4. The van der Waals surface area contributed by atoms with Crippen LogP contribution in [0, 0.1) is 5.92 Å². The van der Waals surface area contributed by atoms with Crippen LogP contribution in [0.2, 0.25) is 0 Å². The zero-order chi connectivity index (χ0) is 14.1. The van der Waals surface area contributed by atoms with E-state index in [0.717, 1.165) is 13.0 Å². The van der Waals surface area contributed by atoms with Gasteiger partial charge >= 0.3 is 0 Å². The second kappa shape index (κ2) is 8.63. The highest BCUT2D eigenvalue weighted by atomic mass is 16.2. The van der Waals surface area contributed by atoms with Crippen LogP contribution >= 0.6 is 0 Å². The molecule has 1 unspecified atom stereocenters. The zero-order valence-electron chi connectivity index (χ0n) is 11.9. The van der Waals surface area contributed by atoms with Crippen molar-refractivity contribution in [3.05, 3.63) is 11.9 Å². The number of rotatable bonds is 9. The first-order chi connectivity index (χ1) is 9.19. The van der Waals surface area contributed by atoms with Gasteiger partial charge in [0, 0.05) is 13.1 Å². The minimum atomic E-state index is -0.0246. The molecule has 1 aromatic heterocycles. The van der Waals surface area contributed by atoms with E-state index in [2.05, 4.69) is 29.5 Å². The van der Waals surface area contributed by atoms with Crippen LogP contribution in [-0.2, 0) is 17.9 Å². The van der Waals surface area contributed by atoms with Gasteiger partial charge in [0.1, 0.15) is 6.54 Å². The van der Waals surface area contributed by atoms with Gasteiger partial charge in [0.15, 0.2) is 0 Å². The third-order valence-corrected chi connectivity index (χ3v) is 3.23. The van der Waals surface area contributed by atoms with Crippen LogP contribution in [0.4, 0.5) is 0 Å². The average molecular weight is 267 g/mol. The number of carbonyl (C=O) groups is 1. The number of amides is 1. The van der Waals surface area contributed by atoms with Crippen molar-refractivity contribution in [1.29, 1.82) is 0 Å². The SMILES string of the molecule is CCCCC(CC)CNC(=O)Cn1cc(CN)nn1. The van der Waals surface area contributed by atoms with E-state index in [1.54, 1.807) is 6.20 Å². The Morgan fingerprint density at radius 3 is 2.89 bits per heavy atom. The van der Waals surface area contributed by atoms with Gasteiger partial charge in [-0.2, -0.15) is 0 Å². The van der Waals surface area contributed by atoms with Crippen molar-refractivity contribution < 1.29 is 4.79 Å². The Morgan fingerprint density at radius 2 is 2.32 bits per heavy atom. The van der Waals surface area contributed by atoms with Crippen molar-refractivity contribution in [2.75, 3.05) is 6.54 Å². The zero-order valence-corrected chi connectivity index (χ0v) is 11.9. The molecule has 1 amide bonds. The summed E-state index contributed by atoms with van der Waals surface area (Å²) in [7, 11) is 0. The molecule has 0 saturated heterocycles. The van der Waals surface area contributed by atoms with Crippen molar-refractivity contribution in [1.82, 2.24) is 20.3 Å². The Kier molecular flexibility index (Phi) is 7.10. The maximum absolute atomic E-state index is 11.8. The van der Waals surface area contributed by atoms with Crippen LogP contribution < -0.4 is 11.1 Å². The molecule has 0 aromatic carbocycles. The topological polar surface area (TPSA) is 85.8 Å². The van der Waals surface area contributed by atoms with E-state index in [9.17, 15) is 4.79 Å². The number of nitrogens with one attached hydrogen (secondary N) is 1. The summed E-state index contributed by atoms with van der Waals surface area (Å²) in [5, 5.41) is 10.7. The molecule has 19 heavy (non-hydrogen) atoms. The van der Waals surface area contributed by atoms with Gasteiger partial charge < -0.3 is 11.1 Å². The van der Waals surface area contributed by atoms with E-state index < -0.39 is 0 Å². The molecule has 0 aliphatic carbocycles. The van der Waals surface area contributed by atoms with E-state index >= 15 is 0 Å². The number of aromatic nitrogens is 3. The summed E-state index contributed by atoms with van der Waals surface area (Å²) < 4.78 is 1.52. The van der Waals surface area contributed by atoms with E-state index in [4.69, 9.17) is 5.73 Å². The molecule has 1 rings (SSSR count). The Balaban J connectivity index is 2.30. The fourth-order valence-electron chi connectivity index (χ4n) is 1.91. The van der Waals surface area contributed by atoms with Crippen molar-refractivity contribution in [2.24, 2.45) is 11.7 Å². The minimum Gasteiger partial charge on any atom is -0.354 e. The number of nitrogens with zero attached hydrogens (tertiary/aromatic N) is 3. The van der Waals surface area contributed by atoms with E-state index in [0.29, 0.717) is 18.2 Å². The van der Waals surface area contributed by atoms with Crippen molar-refractivity contribution >= 4 is 5.91 Å². The Labute approximate surface area is 114 Å². The number of nitrogens with two attached hydrogens (primary N) is 1. The molecule has 108 valence electrons.